The second-order valence-corrected chi connectivity index (χ2v) is 9.74. The SMILES string of the molecule is CC(CS(=O)(=O)CC1CCC1)C(=O)Nc1cc(C(C)(C)C)on1. The Bertz CT molecular complexity index is 654. The van der Waals surface area contributed by atoms with Crippen LogP contribution in [-0.4, -0.2) is 31.0 Å². The van der Waals surface area contributed by atoms with E-state index in [2.05, 4.69) is 10.5 Å². The van der Waals surface area contributed by atoms with Crippen LogP contribution in [0.5, 0.6) is 0 Å². The lowest BCUT2D eigenvalue weighted by Gasteiger charge is -2.25. The zero-order valence-electron chi connectivity index (χ0n) is 14.3. The number of hydrogen-bond acceptors (Lipinski definition) is 5. The van der Waals surface area contributed by atoms with Crippen molar-refractivity contribution in [1.29, 1.82) is 0 Å². The molecule has 1 atom stereocenters. The highest BCUT2D eigenvalue weighted by Gasteiger charge is 2.28. The highest BCUT2D eigenvalue weighted by molar-refractivity contribution is 7.91. The van der Waals surface area contributed by atoms with Crippen LogP contribution in [0.15, 0.2) is 10.6 Å². The average molecular weight is 342 g/mol. The fraction of sp³-hybridized carbons (Fsp3) is 0.750. The van der Waals surface area contributed by atoms with E-state index in [1.54, 1.807) is 13.0 Å². The minimum absolute atomic E-state index is 0.126. The summed E-state index contributed by atoms with van der Waals surface area (Å²) in [6.45, 7) is 7.57. The summed E-state index contributed by atoms with van der Waals surface area (Å²) >= 11 is 0. The van der Waals surface area contributed by atoms with Crippen molar-refractivity contribution < 1.29 is 17.7 Å². The van der Waals surface area contributed by atoms with Gasteiger partial charge < -0.3 is 9.84 Å². The first-order chi connectivity index (χ1) is 10.6. The van der Waals surface area contributed by atoms with E-state index in [9.17, 15) is 13.2 Å². The zero-order valence-corrected chi connectivity index (χ0v) is 15.1. The van der Waals surface area contributed by atoms with Gasteiger partial charge in [0.15, 0.2) is 15.7 Å². The van der Waals surface area contributed by atoms with Crippen molar-refractivity contribution in [2.75, 3.05) is 16.8 Å². The lowest BCUT2D eigenvalue weighted by atomic mass is 9.87. The summed E-state index contributed by atoms with van der Waals surface area (Å²) in [5, 5.41) is 6.45. The standard InChI is InChI=1S/C16H26N2O4S/c1-11(9-23(20,21)10-12-6-5-7-12)15(19)17-14-8-13(22-18-14)16(2,3)4/h8,11-12H,5-7,9-10H2,1-4H3,(H,17,18,19). The van der Waals surface area contributed by atoms with Crippen molar-refractivity contribution in [1.82, 2.24) is 5.16 Å². The summed E-state index contributed by atoms with van der Waals surface area (Å²) in [5.41, 5.74) is -0.201. The largest absolute Gasteiger partial charge is 0.359 e. The predicted molar refractivity (Wildman–Crippen MR) is 89.0 cm³/mol. The quantitative estimate of drug-likeness (QED) is 0.858. The Morgan fingerprint density at radius 2 is 2.09 bits per heavy atom. The third-order valence-electron chi connectivity index (χ3n) is 4.17. The molecular formula is C16H26N2O4S. The second kappa shape index (κ2) is 6.63. The summed E-state index contributed by atoms with van der Waals surface area (Å²) < 4.78 is 29.4. The molecule has 1 heterocycles. The van der Waals surface area contributed by atoms with Gasteiger partial charge in [-0.3, -0.25) is 4.79 Å². The molecule has 23 heavy (non-hydrogen) atoms. The van der Waals surface area contributed by atoms with Crippen molar-refractivity contribution in [3.8, 4) is 0 Å². The molecule has 1 fully saturated rings. The molecule has 1 amide bonds. The number of hydrogen-bond donors (Lipinski definition) is 1. The summed E-state index contributed by atoms with van der Waals surface area (Å²) in [6.07, 6.45) is 3.07. The summed E-state index contributed by atoms with van der Waals surface area (Å²) in [5.74, 6) is 0.370. The van der Waals surface area contributed by atoms with Gasteiger partial charge in [0.1, 0.15) is 5.76 Å². The smallest absolute Gasteiger partial charge is 0.229 e. The van der Waals surface area contributed by atoms with E-state index in [-0.39, 0.29) is 28.7 Å². The van der Waals surface area contributed by atoms with Gasteiger partial charge in [0.05, 0.1) is 11.5 Å². The molecule has 0 radical (unpaired) electrons. The highest BCUT2D eigenvalue weighted by atomic mass is 32.2. The Balaban J connectivity index is 1.90. The Labute approximate surface area is 137 Å². The lowest BCUT2D eigenvalue weighted by molar-refractivity contribution is -0.118. The third kappa shape index (κ3) is 5.06. The van der Waals surface area contributed by atoms with Gasteiger partial charge in [-0.05, 0) is 18.8 Å². The van der Waals surface area contributed by atoms with E-state index in [1.165, 1.54) is 0 Å². The summed E-state index contributed by atoms with van der Waals surface area (Å²) in [6, 6.07) is 1.67. The first kappa shape index (κ1) is 18.0. The average Bonchev–Trinajstić information content (AvgIpc) is 2.82. The Kier molecular flexibility index (Phi) is 5.18. The van der Waals surface area contributed by atoms with Crippen LogP contribution in [0.4, 0.5) is 5.82 Å². The van der Waals surface area contributed by atoms with Gasteiger partial charge in [0, 0.05) is 17.4 Å². The van der Waals surface area contributed by atoms with E-state index < -0.39 is 15.8 Å². The number of sulfone groups is 1. The second-order valence-electron chi connectivity index (χ2n) is 7.59. The van der Waals surface area contributed by atoms with Gasteiger partial charge in [-0.1, -0.05) is 39.3 Å². The number of nitrogens with zero attached hydrogens (tertiary/aromatic N) is 1. The fourth-order valence-electron chi connectivity index (χ4n) is 2.48. The molecule has 1 saturated carbocycles. The molecule has 1 aromatic heterocycles. The molecule has 7 heteroatoms. The van der Waals surface area contributed by atoms with Crippen LogP contribution in [-0.2, 0) is 20.0 Å². The van der Waals surface area contributed by atoms with Crippen LogP contribution in [0.1, 0.15) is 52.7 Å². The van der Waals surface area contributed by atoms with Crippen molar-refractivity contribution >= 4 is 21.6 Å². The molecule has 1 unspecified atom stereocenters. The maximum atomic E-state index is 12.2. The minimum atomic E-state index is -3.20. The molecule has 6 nitrogen and oxygen atoms in total. The van der Waals surface area contributed by atoms with Crippen molar-refractivity contribution in [2.24, 2.45) is 11.8 Å². The topological polar surface area (TPSA) is 89.3 Å². The summed E-state index contributed by atoms with van der Waals surface area (Å²) in [4.78, 5) is 12.2. The molecule has 1 aliphatic carbocycles. The zero-order chi connectivity index (χ0) is 17.3. The van der Waals surface area contributed by atoms with E-state index >= 15 is 0 Å². The number of amides is 1. The van der Waals surface area contributed by atoms with Crippen molar-refractivity contribution in [2.45, 2.75) is 52.4 Å². The van der Waals surface area contributed by atoms with Crippen molar-refractivity contribution in [3.63, 3.8) is 0 Å². The van der Waals surface area contributed by atoms with Crippen LogP contribution < -0.4 is 5.32 Å². The maximum absolute atomic E-state index is 12.2. The van der Waals surface area contributed by atoms with Gasteiger partial charge in [-0.25, -0.2) is 8.42 Å². The number of rotatable bonds is 6. The number of anilines is 1. The number of carbonyl (C=O) groups is 1. The van der Waals surface area contributed by atoms with E-state index in [0.29, 0.717) is 11.6 Å². The molecule has 0 spiro atoms. The monoisotopic (exact) mass is 342 g/mol. The van der Waals surface area contributed by atoms with E-state index in [1.807, 2.05) is 20.8 Å². The Hall–Kier alpha value is -1.37. The van der Waals surface area contributed by atoms with E-state index in [4.69, 9.17) is 4.52 Å². The van der Waals surface area contributed by atoms with Crippen molar-refractivity contribution in [3.05, 3.63) is 11.8 Å². The van der Waals surface area contributed by atoms with Gasteiger partial charge in [-0.2, -0.15) is 0 Å². The number of carbonyl (C=O) groups excluding carboxylic acids is 1. The fourth-order valence-corrected chi connectivity index (χ4v) is 4.58. The molecule has 0 saturated heterocycles. The molecule has 2 rings (SSSR count). The predicted octanol–water partition coefficient (Wildman–Crippen LogP) is 2.76. The minimum Gasteiger partial charge on any atom is -0.359 e. The molecule has 1 N–H and O–H groups in total. The molecule has 1 aliphatic rings. The molecule has 0 bridgehead atoms. The van der Waals surface area contributed by atoms with Crippen LogP contribution in [0, 0.1) is 11.8 Å². The number of aromatic nitrogens is 1. The van der Waals surface area contributed by atoms with Crippen LogP contribution >= 0.6 is 0 Å². The van der Waals surface area contributed by atoms with E-state index in [0.717, 1.165) is 19.3 Å². The Morgan fingerprint density at radius 3 is 2.57 bits per heavy atom. The van der Waals surface area contributed by atoms with Crippen LogP contribution in [0.2, 0.25) is 0 Å². The molecule has 130 valence electrons. The lowest BCUT2D eigenvalue weighted by Crippen LogP contribution is -2.31. The van der Waals surface area contributed by atoms with Gasteiger partial charge in [0.25, 0.3) is 0 Å². The Morgan fingerprint density at radius 1 is 1.43 bits per heavy atom. The number of nitrogens with one attached hydrogen (secondary N) is 1. The molecule has 0 aromatic carbocycles. The third-order valence-corrected chi connectivity index (χ3v) is 6.15. The molecule has 0 aliphatic heterocycles. The first-order valence-electron chi connectivity index (χ1n) is 8.05. The first-order valence-corrected chi connectivity index (χ1v) is 9.87. The van der Waals surface area contributed by atoms with Gasteiger partial charge in [-0.15, -0.1) is 0 Å². The molecular weight excluding hydrogens is 316 g/mol. The maximum Gasteiger partial charge on any atom is 0.229 e. The van der Waals surface area contributed by atoms with Crippen LogP contribution in [0.25, 0.3) is 0 Å². The molecule has 1 aromatic rings. The highest BCUT2D eigenvalue weighted by Crippen LogP contribution is 2.28. The van der Waals surface area contributed by atoms with Crippen LogP contribution in [0.3, 0.4) is 0 Å². The van der Waals surface area contributed by atoms with Gasteiger partial charge in [0.2, 0.25) is 5.91 Å². The normalized spacial score (nSPS) is 17.6. The van der Waals surface area contributed by atoms with Gasteiger partial charge >= 0.3 is 0 Å². The summed E-state index contributed by atoms with van der Waals surface area (Å²) in [7, 11) is -3.20.